The molecule has 0 radical (unpaired) electrons. The molecule has 0 atom stereocenters. The average molecular weight is 589 g/mol. The number of hydrogen-bond acceptors (Lipinski definition) is 0. The van der Waals surface area contributed by atoms with Gasteiger partial charge in [0, 0.05) is 0 Å². The van der Waals surface area contributed by atoms with Crippen LogP contribution >= 0.6 is 0 Å². The van der Waals surface area contributed by atoms with Crippen molar-refractivity contribution in [3.8, 4) is 0 Å². The quantitative estimate of drug-likeness (QED) is 0.150. The van der Waals surface area contributed by atoms with Crippen molar-refractivity contribution in [2.75, 3.05) is 0 Å². The van der Waals surface area contributed by atoms with Gasteiger partial charge < -0.3 is 0 Å². The molecule has 44 heavy (non-hydrogen) atoms. The SMILES string of the molecule is CCc1ccc(C2=C(c3ccc(CC)cc3)[Si](C)(c3ccccc3)C(c3ccc(CC)cc3)=C2c2ccc(CC)cc2)cc1. The summed E-state index contributed by atoms with van der Waals surface area (Å²) in [6.07, 6.45) is 4.16. The van der Waals surface area contributed by atoms with Gasteiger partial charge in [-0.25, -0.2) is 0 Å². The second-order valence-corrected chi connectivity index (χ2v) is 16.0. The molecule has 0 spiro atoms. The van der Waals surface area contributed by atoms with Crippen LogP contribution in [0.3, 0.4) is 0 Å². The van der Waals surface area contributed by atoms with Crippen molar-refractivity contribution in [1.82, 2.24) is 0 Å². The molecular formula is C43H44Si. The van der Waals surface area contributed by atoms with Crippen LogP contribution in [0.1, 0.15) is 72.2 Å². The van der Waals surface area contributed by atoms with Crippen LogP contribution in [0, 0.1) is 0 Å². The van der Waals surface area contributed by atoms with E-state index in [-0.39, 0.29) is 0 Å². The molecule has 0 unspecified atom stereocenters. The third-order valence-corrected chi connectivity index (χ3v) is 14.3. The van der Waals surface area contributed by atoms with Crippen LogP contribution in [-0.2, 0) is 25.7 Å². The van der Waals surface area contributed by atoms with Gasteiger partial charge in [0.05, 0.1) is 0 Å². The molecule has 0 amide bonds. The highest BCUT2D eigenvalue weighted by atomic mass is 28.3. The van der Waals surface area contributed by atoms with Crippen LogP contribution in [0.15, 0.2) is 127 Å². The lowest BCUT2D eigenvalue weighted by Crippen LogP contribution is -2.46. The summed E-state index contributed by atoms with van der Waals surface area (Å²) in [4.78, 5) is 0. The van der Waals surface area contributed by atoms with Crippen molar-refractivity contribution >= 4 is 34.8 Å². The van der Waals surface area contributed by atoms with E-state index in [0.29, 0.717) is 0 Å². The highest BCUT2D eigenvalue weighted by molar-refractivity contribution is 7.21. The van der Waals surface area contributed by atoms with Crippen LogP contribution in [0.5, 0.6) is 0 Å². The molecule has 0 nitrogen and oxygen atoms in total. The zero-order valence-electron chi connectivity index (χ0n) is 27.0. The maximum Gasteiger partial charge on any atom is 0.148 e. The lowest BCUT2D eigenvalue weighted by Gasteiger charge is -2.32. The molecule has 0 saturated heterocycles. The Hall–Kier alpha value is -4.20. The number of aryl methyl sites for hydroxylation is 4. The van der Waals surface area contributed by atoms with Crippen LogP contribution in [0.25, 0.3) is 21.5 Å². The summed E-state index contributed by atoms with van der Waals surface area (Å²) < 4.78 is 0. The second kappa shape index (κ2) is 12.8. The first-order chi connectivity index (χ1) is 21.5. The van der Waals surface area contributed by atoms with Crippen molar-refractivity contribution in [3.05, 3.63) is 172 Å². The van der Waals surface area contributed by atoms with E-state index in [1.807, 2.05) is 0 Å². The summed E-state index contributed by atoms with van der Waals surface area (Å²) in [5.74, 6) is 0. The molecule has 5 aromatic carbocycles. The molecule has 0 N–H and O–H groups in total. The molecule has 1 heterocycles. The van der Waals surface area contributed by atoms with E-state index < -0.39 is 8.07 Å². The topological polar surface area (TPSA) is 0 Å². The normalized spacial score (nSPS) is 14.4. The Morgan fingerprint density at radius 1 is 0.364 bits per heavy atom. The zero-order valence-corrected chi connectivity index (χ0v) is 28.0. The van der Waals surface area contributed by atoms with Gasteiger partial charge in [-0.15, -0.1) is 0 Å². The predicted octanol–water partition coefficient (Wildman–Crippen LogP) is 10.5. The molecule has 0 aromatic heterocycles. The first-order valence-electron chi connectivity index (χ1n) is 16.4. The fraction of sp³-hybridized carbons (Fsp3) is 0.209. The highest BCUT2D eigenvalue weighted by Crippen LogP contribution is 2.55. The molecule has 1 heteroatoms. The Morgan fingerprint density at radius 3 is 0.955 bits per heavy atom. The molecular weight excluding hydrogens is 545 g/mol. The number of hydrogen-bond donors (Lipinski definition) is 0. The summed E-state index contributed by atoms with van der Waals surface area (Å²) in [7, 11) is -2.53. The molecule has 1 aliphatic rings. The summed E-state index contributed by atoms with van der Waals surface area (Å²) >= 11 is 0. The molecule has 5 aromatic rings. The van der Waals surface area contributed by atoms with Gasteiger partial charge in [-0.3, -0.25) is 0 Å². The minimum Gasteiger partial charge on any atom is -0.0624 e. The average Bonchev–Trinajstić information content (AvgIpc) is 3.38. The maximum atomic E-state index is 2.60. The molecule has 0 bridgehead atoms. The van der Waals surface area contributed by atoms with Gasteiger partial charge in [0.25, 0.3) is 0 Å². The maximum absolute atomic E-state index is 2.60. The summed E-state index contributed by atoms with van der Waals surface area (Å²) in [6.45, 7) is 11.6. The lowest BCUT2D eigenvalue weighted by molar-refractivity contribution is 1.14. The van der Waals surface area contributed by atoms with Crippen LogP contribution in [0.4, 0.5) is 0 Å². The fourth-order valence-corrected chi connectivity index (χ4v) is 11.7. The summed E-state index contributed by atoms with van der Waals surface area (Å²) in [5.41, 5.74) is 13.6. The second-order valence-electron chi connectivity index (χ2n) is 12.2. The van der Waals surface area contributed by atoms with E-state index in [1.54, 1.807) is 0 Å². The number of benzene rings is 5. The molecule has 0 aliphatic carbocycles. The zero-order chi connectivity index (χ0) is 30.7. The first-order valence-corrected chi connectivity index (χ1v) is 18.9. The third kappa shape index (κ3) is 5.35. The van der Waals surface area contributed by atoms with Crippen LogP contribution < -0.4 is 5.19 Å². The predicted molar refractivity (Wildman–Crippen MR) is 195 cm³/mol. The Morgan fingerprint density at radius 2 is 0.659 bits per heavy atom. The third-order valence-electron chi connectivity index (χ3n) is 9.70. The van der Waals surface area contributed by atoms with Gasteiger partial charge in [-0.2, -0.15) is 0 Å². The minimum absolute atomic E-state index is 1.04. The molecule has 6 rings (SSSR count). The van der Waals surface area contributed by atoms with Gasteiger partial charge in [-0.1, -0.05) is 162 Å². The molecule has 0 saturated carbocycles. The van der Waals surface area contributed by atoms with Gasteiger partial charge >= 0.3 is 0 Å². The monoisotopic (exact) mass is 588 g/mol. The molecule has 1 aliphatic heterocycles. The Kier molecular flexibility index (Phi) is 8.69. The summed E-state index contributed by atoms with van der Waals surface area (Å²) in [5, 5.41) is 4.48. The minimum atomic E-state index is -2.53. The smallest absolute Gasteiger partial charge is 0.0624 e. The first kappa shape index (κ1) is 29.9. The van der Waals surface area contributed by atoms with E-state index in [1.165, 1.54) is 71.2 Å². The number of allylic oxidation sites excluding steroid dienone is 2. The van der Waals surface area contributed by atoms with Crippen molar-refractivity contribution in [2.45, 2.75) is 59.9 Å². The van der Waals surface area contributed by atoms with Crippen molar-refractivity contribution in [3.63, 3.8) is 0 Å². The van der Waals surface area contributed by atoms with Gasteiger partial charge in [0.1, 0.15) is 8.07 Å². The van der Waals surface area contributed by atoms with Gasteiger partial charge in [0.2, 0.25) is 0 Å². The Balaban J connectivity index is 1.78. The number of rotatable bonds is 9. The molecule has 220 valence electrons. The highest BCUT2D eigenvalue weighted by Gasteiger charge is 2.48. The van der Waals surface area contributed by atoms with Crippen molar-refractivity contribution in [1.29, 1.82) is 0 Å². The standard InChI is InChI=1S/C43H44Si/c1-6-31-15-23-35(24-16-31)40-41(36-25-17-32(7-2)18-26-36)43(38-29-21-34(9-4)22-30-38)44(5,39-13-11-10-12-14-39)42(40)37-27-19-33(8-3)20-28-37/h10-30H,6-9H2,1-5H3. The Labute approximate surface area is 265 Å². The van der Waals surface area contributed by atoms with Crippen molar-refractivity contribution in [2.24, 2.45) is 0 Å². The van der Waals surface area contributed by atoms with Crippen LogP contribution in [-0.4, -0.2) is 8.07 Å². The summed E-state index contributed by atoms with van der Waals surface area (Å²) in [6, 6.07) is 49.1. The van der Waals surface area contributed by atoms with E-state index >= 15 is 0 Å². The van der Waals surface area contributed by atoms with Gasteiger partial charge in [-0.05, 0) is 96.9 Å². The lowest BCUT2D eigenvalue weighted by atomic mass is 9.88. The van der Waals surface area contributed by atoms with Crippen LogP contribution in [0.2, 0.25) is 6.55 Å². The Bertz CT molecular complexity index is 1670. The fourth-order valence-electron chi connectivity index (χ4n) is 7.01. The largest absolute Gasteiger partial charge is 0.148 e. The van der Waals surface area contributed by atoms with E-state index in [9.17, 15) is 0 Å². The van der Waals surface area contributed by atoms with E-state index in [0.717, 1.165) is 25.7 Å². The van der Waals surface area contributed by atoms with Crippen molar-refractivity contribution < 1.29 is 0 Å². The van der Waals surface area contributed by atoms with Gasteiger partial charge in [0.15, 0.2) is 0 Å². The van der Waals surface area contributed by atoms with E-state index in [2.05, 4.69) is 162 Å². The van der Waals surface area contributed by atoms with E-state index in [4.69, 9.17) is 0 Å². The molecule has 0 fully saturated rings.